The van der Waals surface area contributed by atoms with Gasteiger partial charge in [-0.15, -0.1) is 0 Å². The third-order valence-electron chi connectivity index (χ3n) is 2.69. The molecule has 1 saturated heterocycles. The molecule has 1 aromatic heterocycles. The summed E-state index contributed by atoms with van der Waals surface area (Å²) in [4.78, 5) is 13.5. The Morgan fingerprint density at radius 1 is 1.60 bits per heavy atom. The summed E-state index contributed by atoms with van der Waals surface area (Å²) in [5.74, 6) is 0.940. The van der Waals surface area contributed by atoms with Crippen molar-refractivity contribution in [2.24, 2.45) is 0 Å². The van der Waals surface area contributed by atoms with Gasteiger partial charge in [-0.2, -0.15) is 0 Å². The van der Waals surface area contributed by atoms with Crippen LogP contribution in [0.5, 0.6) is 0 Å². The van der Waals surface area contributed by atoms with Crippen LogP contribution in [0.1, 0.15) is 29.7 Å². The predicted molar refractivity (Wildman–Crippen MR) is 54.6 cm³/mol. The SMILES string of the molecule is Cc1ccc(C(=O)N2CCC(C)(O)C2)o1. The summed E-state index contributed by atoms with van der Waals surface area (Å²) >= 11 is 0. The number of carbonyl (C=O) groups excluding carboxylic acids is 1. The Morgan fingerprint density at radius 2 is 2.33 bits per heavy atom. The largest absolute Gasteiger partial charge is 0.456 e. The van der Waals surface area contributed by atoms with E-state index in [1.165, 1.54) is 0 Å². The lowest BCUT2D eigenvalue weighted by molar-refractivity contribution is 0.0554. The molecular formula is C11H15NO3. The minimum Gasteiger partial charge on any atom is -0.456 e. The van der Waals surface area contributed by atoms with Gasteiger partial charge in [-0.1, -0.05) is 0 Å². The second kappa shape index (κ2) is 3.38. The monoisotopic (exact) mass is 209 g/mol. The number of aryl methyl sites for hydroxylation is 1. The molecule has 0 bridgehead atoms. The lowest BCUT2D eigenvalue weighted by Crippen LogP contribution is -2.33. The van der Waals surface area contributed by atoms with Gasteiger partial charge in [-0.25, -0.2) is 0 Å². The molecule has 1 atom stereocenters. The molecule has 2 heterocycles. The van der Waals surface area contributed by atoms with Crippen molar-refractivity contribution in [1.82, 2.24) is 4.90 Å². The van der Waals surface area contributed by atoms with Crippen LogP contribution in [0.25, 0.3) is 0 Å². The average molecular weight is 209 g/mol. The van der Waals surface area contributed by atoms with E-state index in [1.807, 2.05) is 0 Å². The normalized spacial score (nSPS) is 25.9. The predicted octanol–water partition coefficient (Wildman–Crippen LogP) is 1.18. The number of likely N-dealkylation sites (tertiary alicyclic amines) is 1. The zero-order valence-corrected chi connectivity index (χ0v) is 8.99. The van der Waals surface area contributed by atoms with Crippen LogP contribution in [0.15, 0.2) is 16.5 Å². The number of furan rings is 1. The van der Waals surface area contributed by atoms with Crippen molar-refractivity contribution >= 4 is 5.91 Å². The van der Waals surface area contributed by atoms with Crippen LogP contribution in [0.2, 0.25) is 0 Å². The molecule has 4 heteroatoms. The summed E-state index contributed by atoms with van der Waals surface area (Å²) in [5.41, 5.74) is -0.753. The fourth-order valence-electron chi connectivity index (χ4n) is 1.82. The van der Waals surface area contributed by atoms with E-state index in [-0.39, 0.29) is 5.91 Å². The van der Waals surface area contributed by atoms with Gasteiger partial charge in [0.15, 0.2) is 5.76 Å². The van der Waals surface area contributed by atoms with Gasteiger partial charge < -0.3 is 14.4 Å². The van der Waals surface area contributed by atoms with Gasteiger partial charge in [-0.3, -0.25) is 4.79 Å². The van der Waals surface area contributed by atoms with Crippen LogP contribution in [0.3, 0.4) is 0 Å². The van der Waals surface area contributed by atoms with Gasteiger partial charge in [0.1, 0.15) is 5.76 Å². The first-order valence-corrected chi connectivity index (χ1v) is 5.06. The van der Waals surface area contributed by atoms with E-state index in [1.54, 1.807) is 30.9 Å². The van der Waals surface area contributed by atoms with Crippen LogP contribution in [-0.2, 0) is 0 Å². The maximum atomic E-state index is 11.9. The fraction of sp³-hybridized carbons (Fsp3) is 0.545. The van der Waals surface area contributed by atoms with E-state index in [2.05, 4.69) is 0 Å². The van der Waals surface area contributed by atoms with Crippen LogP contribution >= 0.6 is 0 Å². The van der Waals surface area contributed by atoms with Gasteiger partial charge >= 0.3 is 0 Å². The number of amides is 1. The minimum absolute atomic E-state index is 0.138. The average Bonchev–Trinajstić information content (AvgIpc) is 2.71. The lowest BCUT2D eigenvalue weighted by atomic mass is 10.1. The standard InChI is InChI=1S/C11H15NO3/c1-8-3-4-9(15-8)10(13)12-6-5-11(2,14)7-12/h3-4,14H,5-7H2,1-2H3. The van der Waals surface area contributed by atoms with E-state index in [0.717, 1.165) is 5.76 Å². The number of carbonyl (C=O) groups is 1. The molecule has 4 nitrogen and oxygen atoms in total. The van der Waals surface area contributed by atoms with Gasteiger partial charge in [0.2, 0.25) is 0 Å². The topological polar surface area (TPSA) is 53.7 Å². The van der Waals surface area contributed by atoms with E-state index >= 15 is 0 Å². The van der Waals surface area contributed by atoms with Crippen LogP contribution < -0.4 is 0 Å². The van der Waals surface area contributed by atoms with Crippen LogP contribution in [-0.4, -0.2) is 34.6 Å². The highest BCUT2D eigenvalue weighted by atomic mass is 16.4. The number of nitrogens with zero attached hydrogens (tertiary/aromatic N) is 1. The highest BCUT2D eigenvalue weighted by molar-refractivity contribution is 5.91. The van der Waals surface area contributed by atoms with Crippen molar-refractivity contribution in [2.45, 2.75) is 25.9 Å². The Morgan fingerprint density at radius 3 is 2.80 bits per heavy atom. The molecule has 1 fully saturated rings. The summed E-state index contributed by atoms with van der Waals surface area (Å²) in [6, 6.07) is 3.44. The van der Waals surface area contributed by atoms with E-state index < -0.39 is 5.60 Å². The number of β-amino-alcohol motifs (C(OH)–C–C–N with tert-alkyl or cyclic N) is 1. The third-order valence-corrected chi connectivity index (χ3v) is 2.69. The van der Waals surface area contributed by atoms with E-state index in [0.29, 0.717) is 25.3 Å². The summed E-state index contributed by atoms with van der Waals surface area (Å²) in [6.45, 7) is 4.52. The quantitative estimate of drug-likeness (QED) is 0.755. The second-order valence-corrected chi connectivity index (χ2v) is 4.38. The zero-order chi connectivity index (χ0) is 11.1. The molecule has 1 aliphatic rings. The van der Waals surface area contributed by atoms with Crippen molar-refractivity contribution in [1.29, 1.82) is 0 Å². The summed E-state index contributed by atoms with van der Waals surface area (Å²) < 4.78 is 5.25. The van der Waals surface area contributed by atoms with Crippen molar-refractivity contribution in [3.63, 3.8) is 0 Å². The van der Waals surface area contributed by atoms with Crippen molar-refractivity contribution in [3.05, 3.63) is 23.7 Å². The summed E-state index contributed by atoms with van der Waals surface area (Å²) in [5, 5.41) is 9.74. The highest BCUT2D eigenvalue weighted by Gasteiger charge is 2.35. The smallest absolute Gasteiger partial charge is 0.289 e. The van der Waals surface area contributed by atoms with Crippen LogP contribution in [0.4, 0.5) is 0 Å². The molecule has 1 aliphatic heterocycles. The van der Waals surface area contributed by atoms with Crippen molar-refractivity contribution in [2.75, 3.05) is 13.1 Å². The molecule has 15 heavy (non-hydrogen) atoms. The Balaban J connectivity index is 2.10. The van der Waals surface area contributed by atoms with Gasteiger partial charge in [0, 0.05) is 13.1 Å². The minimum atomic E-state index is -0.753. The molecule has 0 aliphatic carbocycles. The zero-order valence-electron chi connectivity index (χ0n) is 8.99. The molecule has 1 aromatic rings. The maximum absolute atomic E-state index is 11.9. The molecular weight excluding hydrogens is 194 g/mol. The molecule has 1 N–H and O–H groups in total. The first kappa shape index (κ1) is 10.2. The van der Waals surface area contributed by atoms with Crippen molar-refractivity contribution in [3.8, 4) is 0 Å². The first-order chi connectivity index (χ1) is 6.98. The molecule has 1 amide bonds. The summed E-state index contributed by atoms with van der Waals surface area (Å²) in [6.07, 6.45) is 0.623. The Hall–Kier alpha value is -1.29. The number of hydrogen-bond donors (Lipinski definition) is 1. The third kappa shape index (κ3) is 2.04. The summed E-state index contributed by atoms with van der Waals surface area (Å²) in [7, 11) is 0. The molecule has 1 unspecified atom stereocenters. The molecule has 82 valence electrons. The van der Waals surface area contributed by atoms with Crippen LogP contribution in [0, 0.1) is 6.92 Å². The van der Waals surface area contributed by atoms with Gasteiger partial charge in [0.05, 0.1) is 5.60 Å². The Bertz CT molecular complexity index is 381. The molecule has 0 radical (unpaired) electrons. The number of hydrogen-bond acceptors (Lipinski definition) is 3. The molecule has 2 rings (SSSR count). The van der Waals surface area contributed by atoms with Gasteiger partial charge in [0.25, 0.3) is 5.91 Å². The van der Waals surface area contributed by atoms with Crippen molar-refractivity contribution < 1.29 is 14.3 Å². The second-order valence-electron chi connectivity index (χ2n) is 4.38. The lowest BCUT2D eigenvalue weighted by Gasteiger charge is -2.17. The molecule has 0 saturated carbocycles. The number of rotatable bonds is 1. The maximum Gasteiger partial charge on any atom is 0.289 e. The van der Waals surface area contributed by atoms with E-state index in [9.17, 15) is 9.90 Å². The Kier molecular flexibility index (Phi) is 2.31. The molecule has 0 spiro atoms. The fourth-order valence-corrected chi connectivity index (χ4v) is 1.82. The Labute approximate surface area is 88.5 Å². The first-order valence-electron chi connectivity index (χ1n) is 5.06. The molecule has 0 aromatic carbocycles. The van der Waals surface area contributed by atoms with Gasteiger partial charge in [-0.05, 0) is 32.4 Å². The van der Waals surface area contributed by atoms with E-state index in [4.69, 9.17) is 4.42 Å². The number of aliphatic hydroxyl groups is 1. The highest BCUT2D eigenvalue weighted by Crippen LogP contribution is 2.22.